The summed E-state index contributed by atoms with van der Waals surface area (Å²) in [5.41, 5.74) is 2.26. The van der Waals surface area contributed by atoms with Crippen molar-refractivity contribution in [1.29, 1.82) is 0 Å². The van der Waals surface area contributed by atoms with Crippen molar-refractivity contribution in [2.75, 3.05) is 29.9 Å². The predicted octanol–water partition coefficient (Wildman–Crippen LogP) is 4.33. The average Bonchev–Trinajstić information content (AvgIpc) is 2.56. The Labute approximate surface area is 149 Å². The fourth-order valence-corrected chi connectivity index (χ4v) is 3.29. The van der Waals surface area contributed by atoms with E-state index in [-0.39, 0.29) is 0 Å². The Morgan fingerprint density at radius 2 is 2.04 bits per heavy atom. The number of nitrogens with one attached hydrogen (secondary N) is 1. The predicted molar refractivity (Wildman–Crippen MR) is 101 cm³/mol. The molecule has 1 aliphatic heterocycles. The molecule has 3 rings (SSSR count). The minimum atomic E-state index is 0.720. The van der Waals surface area contributed by atoms with E-state index >= 15 is 0 Å². The smallest absolute Gasteiger partial charge is 0.224 e. The summed E-state index contributed by atoms with van der Waals surface area (Å²) < 4.78 is 0. The maximum Gasteiger partial charge on any atom is 0.224 e. The molecule has 1 fully saturated rings. The molecule has 1 aromatic carbocycles. The molecule has 4 nitrogen and oxygen atoms in total. The first-order valence-corrected chi connectivity index (χ1v) is 9.07. The summed E-state index contributed by atoms with van der Waals surface area (Å²) in [7, 11) is 0. The summed E-state index contributed by atoms with van der Waals surface area (Å²) in [6, 6.07) is 10.1. The van der Waals surface area contributed by atoms with Crippen molar-refractivity contribution in [3.8, 4) is 0 Å². The zero-order chi connectivity index (χ0) is 16.9. The highest BCUT2D eigenvalue weighted by Gasteiger charge is 2.18. The molecule has 2 heterocycles. The summed E-state index contributed by atoms with van der Waals surface area (Å²) in [5.74, 6) is 2.50. The van der Waals surface area contributed by atoms with E-state index in [4.69, 9.17) is 16.6 Å². The van der Waals surface area contributed by atoms with Gasteiger partial charge in [0, 0.05) is 36.4 Å². The average molecular weight is 345 g/mol. The summed E-state index contributed by atoms with van der Waals surface area (Å²) >= 11 is 5.92. The van der Waals surface area contributed by atoms with Crippen LogP contribution in [0.1, 0.15) is 31.0 Å². The quantitative estimate of drug-likeness (QED) is 0.876. The van der Waals surface area contributed by atoms with Crippen LogP contribution in [0, 0.1) is 12.8 Å². The number of piperidine rings is 1. The van der Waals surface area contributed by atoms with Gasteiger partial charge in [0.2, 0.25) is 5.95 Å². The number of benzene rings is 1. The minimum absolute atomic E-state index is 0.720. The van der Waals surface area contributed by atoms with Crippen molar-refractivity contribution in [2.24, 2.45) is 5.92 Å². The Hall–Kier alpha value is -1.81. The molecule has 0 bridgehead atoms. The van der Waals surface area contributed by atoms with Gasteiger partial charge >= 0.3 is 0 Å². The van der Waals surface area contributed by atoms with Gasteiger partial charge in [-0.3, -0.25) is 0 Å². The third-order valence-corrected chi connectivity index (χ3v) is 4.68. The number of hydrogen-bond acceptors (Lipinski definition) is 4. The number of nitrogens with zero attached hydrogens (tertiary/aromatic N) is 3. The van der Waals surface area contributed by atoms with E-state index < -0.39 is 0 Å². The summed E-state index contributed by atoms with van der Waals surface area (Å²) in [6.45, 7) is 7.32. The molecule has 2 aromatic rings. The van der Waals surface area contributed by atoms with Crippen molar-refractivity contribution >= 4 is 23.4 Å². The highest BCUT2D eigenvalue weighted by Crippen LogP contribution is 2.22. The topological polar surface area (TPSA) is 41.1 Å². The summed E-state index contributed by atoms with van der Waals surface area (Å²) in [5, 5.41) is 4.13. The lowest BCUT2D eigenvalue weighted by Crippen LogP contribution is -2.35. The molecular formula is C19H25ClN4. The third kappa shape index (κ3) is 4.60. The lowest BCUT2D eigenvalue weighted by atomic mass is 10.0. The van der Waals surface area contributed by atoms with Crippen LogP contribution in [0.15, 0.2) is 30.3 Å². The first-order chi connectivity index (χ1) is 11.6. The molecule has 0 amide bonds. The third-order valence-electron chi connectivity index (χ3n) is 4.43. The van der Waals surface area contributed by atoms with Crippen LogP contribution in [0.2, 0.25) is 5.02 Å². The zero-order valence-corrected chi connectivity index (χ0v) is 15.2. The molecular weight excluding hydrogens is 320 g/mol. The SMILES string of the molecule is Cc1cc(N2CCCC(C)C2)nc(NCCc2ccc(Cl)cc2)n1. The van der Waals surface area contributed by atoms with Gasteiger partial charge < -0.3 is 10.2 Å². The van der Waals surface area contributed by atoms with Gasteiger partial charge in [0.05, 0.1) is 0 Å². The van der Waals surface area contributed by atoms with E-state index in [9.17, 15) is 0 Å². The van der Waals surface area contributed by atoms with E-state index in [0.717, 1.165) is 54.5 Å². The van der Waals surface area contributed by atoms with Crippen LogP contribution >= 0.6 is 11.6 Å². The first kappa shape index (κ1) is 17.0. The van der Waals surface area contributed by atoms with E-state index in [1.165, 1.54) is 18.4 Å². The number of rotatable bonds is 5. The first-order valence-electron chi connectivity index (χ1n) is 8.69. The number of anilines is 2. The van der Waals surface area contributed by atoms with Crippen LogP contribution < -0.4 is 10.2 Å². The maximum atomic E-state index is 5.92. The van der Waals surface area contributed by atoms with Crippen LogP contribution in [0.25, 0.3) is 0 Å². The molecule has 5 heteroatoms. The molecule has 128 valence electrons. The fraction of sp³-hybridized carbons (Fsp3) is 0.474. The molecule has 1 saturated heterocycles. The Morgan fingerprint density at radius 3 is 2.79 bits per heavy atom. The summed E-state index contributed by atoms with van der Waals surface area (Å²) in [4.78, 5) is 11.6. The van der Waals surface area contributed by atoms with Crippen LogP contribution in [0.3, 0.4) is 0 Å². The Balaban J connectivity index is 1.62. The molecule has 0 spiro atoms. The number of hydrogen-bond donors (Lipinski definition) is 1. The van der Waals surface area contributed by atoms with Crippen molar-refractivity contribution in [1.82, 2.24) is 9.97 Å². The standard InChI is InChI=1S/C19H25ClN4/c1-14-4-3-11-24(13-14)18-12-15(2)22-19(23-18)21-10-9-16-5-7-17(20)8-6-16/h5-8,12,14H,3-4,9-11,13H2,1-2H3,(H,21,22,23). The Morgan fingerprint density at radius 1 is 1.25 bits per heavy atom. The molecule has 0 aliphatic carbocycles. The summed E-state index contributed by atoms with van der Waals surface area (Å²) in [6.07, 6.45) is 3.47. The molecule has 0 radical (unpaired) electrons. The van der Waals surface area contributed by atoms with E-state index in [0.29, 0.717) is 0 Å². The highest BCUT2D eigenvalue weighted by atomic mass is 35.5. The van der Waals surface area contributed by atoms with Gasteiger partial charge in [-0.1, -0.05) is 30.7 Å². The minimum Gasteiger partial charge on any atom is -0.356 e. The van der Waals surface area contributed by atoms with Gasteiger partial charge in [0.1, 0.15) is 5.82 Å². The van der Waals surface area contributed by atoms with Gasteiger partial charge in [0.25, 0.3) is 0 Å². The second-order valence-corrected chi connectivity index (χ2v) is 7.12. The van der Waals surface area contributed by atoms with Crippen molar-refractivity contribution < 1.29 is 0 Å². The van der Waals surface area contributed by atoms with Crippen LogP contribution in [0.5, 0.6) is 0 Å². The second-order valence-electron chi connectivity index (χ2n) is 6.69. The maximum absolute atomic E-state index is 5.92. The second kappa shape index (κ2) is 7.84. The zero-order valence-electron chi connectivity index (χ0n) is 14.4. The van der Waals surface area contributed by atoms with Gasteiger partial charge in [-0.05, 0) is 49.8 Å². The fourth-order valence-electron chi connectivity index (χ4n) is 3.16. The highest BCUT2D eigenvalue weighted by molar-refractivity contribution is 6.30. The number of aromatic nitrogens is 2. The molecule has 24 heavy (non-hydrogen) atoms. The van der Waals surface area contributed by atoms with Crippen molar-refractivity contribution in [3.63, 3.8) is 0 Å². The Kier molecular flexibility index (Phi) is 5.56. The monoisotopic (exact) mass is 344 g/mol. The number of aryl methyl sites for hydroxylation is 1. The lowest BCUT2D eigenvalue weighted by Gasteiger charge is -2.32. The molecule has 1 aromatic heterocycles. The van der Waals surface area contributed by atoms with E-state index in [2.05, 4.69) is 40.3 Å². The van der Waals surface area contributed by atoms with E-state index in [1.807, 2.05) is 19.1 Å². The van der Waals surface area contributed by atoms with Crippen LogP contribution in [-0.4, -0.2) is 29.6 Å². The number of halogens is 1. The van der Waals surface area contributed by atoms with Gasteiger partial charge in [-0.25, -0.2) is 4.98 Å². The van der Waals surface area contributed by atoms with E-state index in [1.54, 1.807) is 0 Å². The van der Waals surface area contributed by atoms with Crippen molar-refractivity contribution in [2.45, 2.75) is 33.1 Å². The largest absolute Gasteiger partial charge is 0.356 e. The van der Waals surface area contributed by atoms with Gasteiger partial charge in [0.15, 0.2) is 0 Å². The van der Waals surface area contributed by atoms with Crippen LogP contribution in [-0.2, 0) is 6.42 Å². The molecule has 1 unspecified atom stereocenters. The Bertz CT molecular complexity index is 672. The lowest BCUT2D eigenvalue weighted by molar-refractivity contribution is 0.444. The molecule has 1 N–H and O–H groups in total. The molecule has 1 atom stereocenters. The normalized spacial score (nSPS) is 17.8. The van der Waals surface area contributed by atoms with Crippen molar-refractivity contribution in [3.05, 3.63) is 46.6 Å². The molecule has 0 saturated carbocycles. The van der Waals surface area contributed by atoms with Crippen LogP contribution in [0.4, 0.5) is 11.8 Å². The van der Waals surface area contributed by atoms with Gasteiger partial charge in [-0.2, -0.15) is 4.98 Å². The molecule has 1 aliphatic rings. The van der Waals surface area contributed by atoms with Gasteiger partial charge in [-0.15, -0.1) is 0 Å².